The highest BCUT2D eigenvalue weighted by Crippen LogP contribution is 2.29. The van der Waals surface area contributed by atoms with Crippen molar-refractivity contribution in [2.24, 2.45) is 7.05 Å². The number of methoxy groups -OCH3 is 1. The van der Waals surface area contributed by atoms with Crippen LogP contribution in [0.25, 0.3) is 11.3 Å². The smallest absolute Gasteiger partial charge is 0.268 e. The number of pyridine rings is 1. The monoisotopic (exact) mass is 254 g/mol. The summed E-state index contributed by atoms with van der Waals surface area (Å²) in [5.41, 5.74) is 2.48. The fourth-order valence-electron chi connectivity index (χ4n) is 2.01. The Labute approximate surface area is 111 Å². The zero-order valence-electron chi connectivity index (χ0n) is 11.1. The summed E-state index contributed by atoms with van der Waals surface area (Å²) < 4.78 is 6.79. The molecule has 19 heavy (non-hydrogen) atoms. The maximum Gasteiger partial charge on any atom is 0.268 e. The summed E-state index contributed by atoms with van der Waals surface area (Å²) in [4.78, 5) is 12.0. The zero-order chi connectivity index (χ0) is 14.0. The highest BCUT2D eigenvalue weighted by Gasteiger charge is 2.11. The van der Waals surface area contributed by atoms with E-state index in [0.29, 0.717) is 5.75 Å². The van der Waals surface area contributed by atoms with Crippen LogP contribution in [-0.2, 0) is 7.05 Å². The number of ether oxygens (including phenoxy) is 1. The highest BCUT2D eigenvalue weighted by molar-refractivity contribution is 5.68. The average molecular weight is 254 g/mol. The number of aryl methyl sites for hydroxylation is 1. The van der Waals surface area contributed by atoms with Crippen LogP contribution < -0.4 is 10.3 Å². The molecule has 0 saturated carbocycles. The van der Waals surface area contributed by atoms with E-state index >= 15 is 0 Å². The van der Waals surface area contributed by atoms with E-state index in [1.54, 1.807) is 26.3 Å². The van der Waals surface area contributed by atoms with Crippen molar-refractivity contribution in [1.29, 1.82) is 5.26 Å². The van der Waals surface area contributed by atoms with Gasteiger partial charge in [-0.25, -0.2) is 0 Å². The molecule has 0 atom stereocenters. The molecule has 2 aromatic rings. The van der Waals surface area contributed by atoms with Crippen molar-refractivity contribution in [3.05, 3.63) is 51.8 Å². The number of aromatic nitrogens is 1. The SMILES string of the molecule is COc1ccc(C)cc1-c1ccc(C#N)c(=O)n1C. The maximum atomic E-state index is 12.0. The summed E-state index contributed by atoms with van der Waals surface area (Å²) >= 11 is 0. The Bertz CT molecular complexity index is 724. The van der Waals surface area contributed by atoms with Gasteiger partial charge in [-0.2, -0.15) is 5.26 Å². The Morgan fingerprint density at radius 3 is 2.63 bits per heavy atom. The number of rotatable bonds is 2. The molecule has 0 spiro atoms. The van der Waals surface area contributed by atoms with Gasteiger partial charge in [0, 0.05) is 12.6 Å². The summed E-state index contributed by atoms with van der Waals surface area (Å²) in [6, 6.07) is 11.0. The summed E-state index contributed by atoms with van der Waals surface area (Å²) in [5.74, 6) is 0.699. The van der Waals surface area contributed by atoms with Gasteiger partial charge in [0.2, 0.25) is 0 Å². The molecule has 0 bridgehead atoms. The van der Waals surface area contributed by atoms with Gasteiger partial charge in [-0.05, 0) is 31.2 Å². The topological polar surface area (TPSA) is 55.0 Å². The minimum atomic E-state index is -0.302. The third kappa shape index (κ3) is 2.23. The molecule has 0 amide bonds. The van der Waals surface area contributed by atoms with Crippen LogP contribution in [0.2, 0.25) is 0 Å². The van der Waals surface area contributed by atoms with E-state index in [1.165, 1.54) is 4.57 Å². The normalized spacial score (nSPS) is 10.0. The van der Waals surface area contributed by atoms with E-state index in [9.17, 15) is 4.79 Å². The number of hydrogen-bond acceptors (Lipinski definition) is 3. The molecule has 0 aliphatic rings. The van der Waals surface area contributed by atoms with Crippen molar-refractivity contribution in [2.45, 2.75) is 6.92 Å². The predicted molar refractivity (Wildman–Crippen MR) is 73.1 cm³/mol. The minimum Gasteiger partial charge on any atom is -0.496 e. The molecule has 1 aromatic carbocycles. The quantitative estimate of drug-likeness (QED) is 0.825. The first-order valence-electron chi connectivity index (χ1n) is 5.83. The van der Waals surface area contributed by atoms with Crippen molar-refractivity contribution >= 4 is 0 Å². The number of nitrogens with zero attached hydrogens (tertiary/aromatic N) is 2. The molecule has 0 fully saturated rings. The van der Waals surface area contributed by atoms with Crippen molar-refractivity contribution < 1.29 is 4.74 Å². The third-order valence-electron chi connectivity index (χ3n) is 3.06. The van der Waals surface area contributed by atoms with Crippen LogP contribution in [0, 0.1) is 18.3 Å². The number of benzene rings is 1. The van der Waals surface area contributed by atoms with Crippen LogP contribution in [0.15, 0.2) is 35.1 Å². The largest absolute Gasteiger partial charge is 0.496 e. The lowest BCUT2D eigenvalue weighted by molar-refractivity contribution is 0.416. The van der Waals surface area contributed by atoms with Gasteiger partial charge in [0.25, 0.3) is 5.56 Å². The second-order valence-corrected chi connectivity index (χ2v) is 4.31. The summed E-state index contributed by atoms with van der Waals surface area (Å²) in [6.45, 7) is 1.98. The van der Waals surface area contributed by atoms with Crippen molar-refractivity contribution in [2.75, 3.05) is 7.11 Å². The van der Waals surface area contributed by atoms with E-state index in [0.717, 1.165) is 16.8 Å². The lowest BCUT2D eigenvalue weighted by Gasteiger charge is -2.13. The van der Waals surface area contributed by atoms with E-state index in [4.69, 9.17) is 10.00 Å². The second-order valence-electron chi connectivity index (χ2n) is 4.31. The first-order valence-corrected chi connectivity index (χ1v) is 5.83. The molecule has 4 heteroatoms. The van der Waals surface area contributed by atoms with Crippen molar-refractivity contribution in [1.82, 2.24) is 4.57 Å². The Morgan fingerprint density at radius 2 is 2.00 bits per heavy atom. The third-order valence-corrected chi connectivity index (χ3v) is 3.06. The molecule has 96 valence electrons. The fourth-order valence-corrected chi connectivity index (χ4v) is 2.01. The Morgan fingerprint density at radius 1 is 1.26 bits per heavy atom. The van der Waals surface area contributed by atoms with E-state index < -0.39 is 0 Å². The molecule has 1 heterocycles. The number of hydrogen-bond donors (Lipinski definition) is 0. The molecule has 0 unspecified atom stereocenters. The second kappa shape index (κ2) is 4.99. The molecule has 0 aliphatic carbocycles. The van der Waals surface area contributed by atoms with Gasteiger partial charge in [-0.3, -0.25) is 4.79 Å². The standard InChI is InChI=1S/C15H14N2O2/c1-10-4-7-14(19-3)12(8-10)13-6-5-11(9-16)15(18)17(13)2/h4-8H,1-3H3. The first-order chi connectivity index (χ1) is 9.08. The molecular weight excluding hydrogens is 240 g/mol. The zero-order valence-corrected chi connectivity index (χ0v) is 11.1. The van der Waals surface area contributed by atoms with Gasteiger partial charge >= 0.3 is 0 Å². The number of nitriles is 1. The molecule has 2 rings (SSSR count). The van der Waals surface area contributed by atoms with Gasteiger partial charge in [0.15, 0.2) is 0 Å². The van der Waals surface area contributed by atoms with Gasteiger partial charge in [0.1, 0.15) is 17.4 Å². The lowest BCUT2D eigenvalue weighted by Crippen LogP contribution is -2.20. The molecule has 0 radical (unpaired) electrons. The van der Waals surface area contributed by atoms with Gasteiger partial charge in [-0.1, -0.05) is 11.6 Å². The Hall–Kier alpha value is -2.54. The average Bonchev–Trinajstić information content (AvgIpc) is 2.42. The van der Waals surface area contributed by atoms with E-state index in [-0.39, 0.29) is 11.1 Å². The van der Waals surface area contributed by atoms with E-state index in [1.807, 2.05) is 31.2 Å². The van der Waals surface area contributed by atoms with Crippen LogP contribution in [0.4, 0.5) is 0 Å². The summed E-state index contributed by atoms with van der Waals surface area (Å²) in [5, 5.41) is 8.86. The van der Waals surface area contributed by atoms with Gasteiger partial charge in [0.05, 0.1) is 12.8 Å². The molecule has 0 N–H and O–H groups in total. The van der Waals surface area contributed by atoms with Crippen LogP contribution in [0.1, 0.15) is 11.1 Å². The van der Waals surface area contributed by atoms with Crippen LogP contribution in [-0.4, -0.2) is 11.7 Å². The Balaban J connectivity index is 2.74. The van der Waals surface area contributed by atoms with Gasteiger partial charge in [-0.15, -0.1) is 0 Å². The summed E-state index contributed by atoms with van der Waals surface area (Å²) in [6.07, 6.45) is 0. The van der Waals surface area contributed by atoms with Crippen molar-refractivity contribution in [3.63, 3.8) is 0 Å². The van der Waals surface area contributed by atoms with Crippen LogP contribution in [0.3, 0.4) is 0 Å². The fraction of sp³-hybridized carbons (Fsp3) is 0.200. The maximum absolute atomic E-state index is 12.0. The molecular formula is C15H14N2O2. The van der Waals surface area contributed by atoms with Gasteiger partial charge < -0.3 is 9.30 Å². The minimum absolute atomic E-state index is 0.137. The van der Waals surface area contributed by atoms with Crippen LogP contribution >= 0.6 is 0 Å². The molecule has 1 aromatic heterocycles. The predicted octanol–water partition coefficient (Wildman–Crippen LogP) is 2.24. The molecule has 0 saturated heterocycles. The lowest BCUT2D eigenvalue weighted by atomic mass is 10.1. The first kappa shape index (κ1) is 12.9. The highest BCUT2D eigenvalue weighted by atomic mass is 16.5. The molecule has 0 aliphatic heterocycles. The summed E-state index contributed by atoms with van der Waals surface area (Å²) in [7, 11) is 3.25. The Kier molecular flexibility index (Phi) is 3.39. The van der Waals surface area contributed by atoms with Crippen LogP contribution in [0.5, 0.6) is 5.75 Å². The molecule has 4 nitrogen and oxygen atoms in total. The van der Waals surface area contributed by atoms with E-state index in [2.05, 4.69) is 0 Å². The van der Waals surface area contributed by atoms with Crippen molar-refractivity contribution in [3.8, 4) is 23.1 Å².